The molecule has 2 heterocycles. The minimum Gasteiger partial charge on any atom is -0.505 e. The Morgan fingerprint density at radius 1 is 1.55 bits per heavy atom. The quantitative estimate of drug-likeness (QED) is 0.354. The highest BCUT2D eigenvalue weighted by atomic mass is 32.2. The van der Waals surface area contributed by atoms with Gasteiger partial charge in [-0.25, -0.2) is 4.57 Å². The van der Waals surface area contributed by atoms with E-state index in [2.05, 4.69) is 14.8 Å². The topological polar surface area (TPSA) is 129 Å². The van der Waals surface area contributed by atoms with E-state index in [4.69, 9.17) is 22.0 Å². The van der Waals surface area contributed by atoms with Gasteiger partial charge >= 0.3 is 7.82 Å². The van der Waals surface area contributed by atoms with Crippen molar-refractivity contribution < 1.29 is 28.8 Å². The van der Waals surface area contributed by atoms with Crippen LogP contribution in [0.5, 0.6) is 5.75 Å². The van der Waals surface area contributed by atoms with E-state index in [1.807, 2.05) is 0 Å². The van der Waals surface area contributed by atoms with Crippen molar-refractivity contribution >= 4 is 48.1 Å². The second-order valence-electron chi connectivity index (χ2n) is 4.25. The van der Waals surface area contributed by atoms with Crippen molar-refractivity contribution in [1.29, 1.82) is 0 Å². The summed E-state index contributed by atoms with van der Waals surface area (Å²) >= 11 is 5.89. The van der Waals surface area contributed by atoms with Crippen LogP contribution in [-0.2, 0) is 20.5 Å². The maximum absolute atomic E-state index is 11.7. The second kappa shape index (κ2) is 6.45. The number of hydrogen-bond acceptors (Lipinski definition) is 7. The fourth-order valence-electron chi connectivity index (χ4n) is 1.63. The number of nitrogens with one attached hydrogen (secondary N) is 1. The predicted octanol–water partition coefficient (Wildman–Crippen LogP) is 1.19. The number of aromatic hydroxyl groups is 1. The Labute approximate surface area is 134 Å². The zero-order valence-electron chi connectivity index (χ0n) is 11.1. The molecule has 1 aromatic rings. The molecule has 0 aliphatic carbocycles. The number of pyridine rings is 1. The third-order valence-corrected chi connectivity index (χ3v) is 4.29. The van der Waals surface area contributed by atoms with Crippen molar-refractivity contribution in [2.75, 3.05) is 0 Å². The Hall–Kier alpha value is -1.29. The van der Waals surface area contributed by atoms with Gasteiger partial charge in [0.25, 0.3) is 5.91 Å². The summed E-state index contributed by atoms with van der Waals surface area (Å²) in [5.74, 6) is -0.615. The van der Waals surface area contributed by atoms with Gasteiger partial charge in [-0.1, -0.05) is 24.0 Å². The summed E-state index contributed by atoms with van der Waals surface area (Å²) in [6.07, 6.45) is 2.69. The van der Waals surface area contributed by atoms with E-state index in [1.165, 1.54) is 12.3 Å². The first-order valence-corrected chi connectivity index (χ1v) is 8.55. The van der Waals surface area contributed by atoms with Gasteiger partial charge in [-0.15, -0.1) is 0 Å². The molecule has 0 radical (unpaired) electrons. The van der Waals surface area contributed by atoms with Gasteiger partial charge in [-0.2, -0.15) is 0 Å². The molecule has 1 aliphatic heterocycles. The fraction of sp³-hybridized carbons (Fsp3) is 0.182. The van der Waals surface area contributed by atoms with Gasteiger partial charge in [0.2, 0.25) is 0 Å². The molecule has 1 fully saturated rings. The first kappa shape index (κ1) is 17.1. The number of aromatic nitrogens is 1. The van der Waals surface area contributed by atoms with Crippen molar-refractivity contribution in [2.45, 2.75) is 13.5 Å². The standard InChI is InChI=1S/C11H11N2O6PS2/c1-5-9(14)7(2-8-10(15)13-11(21)22-8)6(3-12-5)4-19-20(16,17)18/h2-3,14H,4H2,1H3,(H,13,15,21)(H2,16,17,18)/b8-2-. The Bertz CT molecular complexity index is 730. The molecule has 1 saturated heterocycles. The minimum absolute atomic E-state index is 0.198. The third kappa shape index (κ3) is 4.13. The number of phosphoric acid groups is 1. The number of hydrogen-bond donors (Lipinski definition) is 4. The number of thiocarbonyl (C=S) groups is 1. The van der Waals surface area contributed by atoms with E-state index >= 15 is 0 Å². The van der Waals surface area contributed by atoms with Crippen LogP contribution in [0.1, 0.15) is 16.8 Å². The van der Waals surface area contributed by atoms with Gasteiger partial charge < -0.3 is 20.2 Å². The van der Waals surface area contributed by atoms with E-state index in [1.54, 1.807) is 6.92 Å². The van der Waals surface area contributed by atoms with Gasteiger partial charge in [0.1, 0.15) is 10.1 Å². The van der Waals surface area contributed by atoms with E-state index in [0.29, 0.717) is 5.69 Å². The highest BCUT2D eigenvalue weighted by molar-refractivity contribution is 8.26. The van der Waals surface area contributed by atoms with Crippen molar-refractivity contribution in [2.24, 2.45) is 0 Å². The van der Waals surface area contributed by atoms with Crippen LogP contribution >= 0.6 is 31.8 Å². The van der Waals surface area contributed by atoms with Crippen LogP contribution in [0.15, 0.2) is 11.1 Å². The van der Waals surface area contributed by atoms with E-state index in [9.17, 15) is 14.5 Å². The van der Waals surface area contributed by atoms with E-state index < -0.39 is 20.3 Å². The summed E-state index contributed by atoms with van der Waals surface area (Å²) in [5.41, 5.74) is 0.728. The smallest absolute Gasteiger partial charge is 0.469 e. The SMILES string of the molecule is Cc1ncc(COP(=O)(O)O)c(/C=C2\SC(=S)NC2=O)c1O. The normalized spacial score (nSPS) is 17.1. The number of aryl methyl sites for hydroxylation is 1. The summed E-state index contributed by atoms with van der Waals surface area (Å²) < 4.78 is 15.5. The number of carbonyl (C=O) groups excluding carboxylic acids is 1. The van der Waals surface area contributed by atoms with Crippen molar-refractivity contribution in [1.82, 2.24) is 10.3 Å². The minimum atomic E-state index is -4.67. The first-order chi connectivity index (χ1) is 10.2. The first-order valence-electron chi connectivity index (χ1n) is 5.80. The zero-order chi connectivity index (χ0) is 16.5. The summed E-state index contributed by atoms with van der Waals surface area (Å²) in [6, 6.07) is 0. The largest absolute Gasteiger partial charge is 0.505 e. The van der Waals surface area contributed by atoms with Crippen molar-refractivity contribution in [3.05, 3.63) is 27.9 Å². The number of nitrogens with zero attached hydrogens (tertiary/aromatic N) is 1. The Kier molecular flexibility index (Phi) is 5.00. The van der Waals surface area contributed by atoms with Crippen LogP contribution in [0.25, 0.3) is 6.08 Å². The molecular formula is C11H11N2O6PS2. The number of amides is 1. The molecule has 2 rings (SSSR count). The molecule has 22 heavy (non-hydrogen) atoms. The van der Waals surface area contributed by atoms with Gasteiger partial charge in [0, 0.05) is 17.3 Å². The molecule has 0 atom stereocenters. The van der Waals surface area contributed by atoms with Crippen molar-refractivity contribution in [3.63, 3.8) is 0 Å². The summed E-state index contributed by atoms with van der Waals surface area (Å²) in [6.45, 7) is 1.08. The third-order valence-electron chi connectivity index (χ3n) is 2.66. The van der Waals surface area contributed by atoms with Gasteiger partial charge in [0.15, 0.2) is 0 Å². The Morgan fingerprint density at radius 2 is 2.23 bits per heavy atom. The van der Waals surface area contributed by atoms with Gasteiger partial charge in [-0.3, -0.25) is 14.3 Å². The lowest BCUT2D eigenvalue weighted by Crippen LogP contribution is -2.17. The molecule has 0 bridgehead atoms. The molecule has 11 heteroatoms. The fourth-order valence-corrected chi connectivity index (χ4v) is 2.97. The van der Waals surface area contributed by atoms with E-state index in [0.717, 1.165) is 11.8 Å². The molecule has 118 valence electrons. The Morgan fingerprint density at radius 3 is 2.77 bits per heavy atom. The average Bonchev–Trinajstić information content (AvgIpc) is 2.71. The lowest BCUT2D eigenvalue weighted by Gasteiger charge is -2.11. The molecule has 0 unspecified atom stereocenters. The van der Waals surface area contributed by atoms with E-state index in [-0.39, 0.29) is 26.1 Å². The molecule has 1 amide bonds. The number of carbonyl (C=O) groups is 1. The van der Waals surface area contributed by atoms with Gasteiger partial charge in [0.05, 0.1) is 17.2 Å². The number of rotatable bonds is 4. The van der Waals surface area contributed by atoms with Crippen LogP contribution in [0.2, 0.25) is 0 Å². The van der Waals surface area contributed by atoms with Crippen LogP contribution in [0, 0.1) is 6.92 Å². The molecule has 0 saturated carbocycles. The van der Waals surface area contributed by atoms with Crippen LogP contribution in [0.3, 0.4) is 0 Å². The number of thioether (sulfide) groups is 1. The predicted molar refractivity (Wildman–Crippen MR) is 83.8 cm³/mol. The van der Waals surface area contributed by atoms with Crippen LogP contribution < -0.4 is 5.32 Å². The molecule has 4 N–H and O–H groups in total. The van der Waals surface area contributed by atoms with Gasteiger partial charge in [-0.05, 0) is 13.0 Å². The monoisotopic (exact) mass is 362 g/mol. The number of phosphoric ester groups is 1. The molecule has 1 aliphatic rings. The molecule has 8 nitrogen and oxygen atoms in total. The second-order valence-corrected chi connectivity index (χ2v) is 7.21. The summed E-state index contributed by atoms with van der Waals surface area (Å²) in [7, 11) is -4.67. The molecule has 1 aromatic heterocycles. The molecule has 0 aromatic carbocycles. The van der Waals surface area contributed by atoms with Crippen LogP contribution in [0.4, 0.5) is 0 Å². The maximum atomic E-state index is 11.7. The summed E-state index contributed by atoms with van der Waals surface area (Å²) in [5, 5.41) is 12.5. The average molecular weight is 362 g/mol. The Balaban J connectivity index is 2.42. The lowest BCUT2D eigenvalue weighted by atomic mass is 10.1. The highest BCUT2D eigenvalue weighted by Gasteiger charge is 2.24. The van der Waals surface area contributed by atoms with Crippen molar-refractivity contribution in [3.8, 4) is 5.75 Å². The summed E-state index contributed by atoms with van der Waals surface area (Å²) in [4.78, 5) is 33.3. The van der Waals surface area contributed by atoms with Crippen LogP contribution in [-0.4, -0.2) is 30.1 Å². The maximum Gasteiger partial charge on any atom is 0.469 e. The zero-order valence-corrected chi connectivity index (χ0v) is 13.7. The lowest BCUT2D eigenvalue weighted by molar-refractivity contribution is -0.115. The highest BCUT2D eigenvalue weighted by Crippen LogP contribution is 2.39. The molecule has 0 spiro atoms. The molecular weight excluding hydrogens is 351 g/mol.